The Hall–Kier alpha value is -1.75. The van der Waals surface area contributed by atoms with Crippen LogP contribution in [0.3, 0.4) is 0 Å². The molecule has 1 saturated heterocycles. The molecular formula is C16H25N3O2. The average Bonchev–Trinajstić information content (AvgIpc) is 3.01. The van der Waals surface area contributed by atoms with E-state index in [0.29, 0.717) is 31.3 Å². The number of likely N-dealkylation sites (tertiary alicyclic amines) is 1. The van der Waals surface area contributed by atoms with Gasteiger partial charge in [-0.15, -0.1) is 0 Å². The van der Waals surface area contributed by atoms with E-state index in [4.69, 9.17) is 10.5 Å². The van der Waals surface area contributed by atoms with Gasteiger partial charge >= 0.3 is 0 Å². The molecule has 1 heterocycles. The molecule has 1 atom stereocenters. The lowest BCUT2D eigenvalue weighted by Gasteiger charge is -2.23. The van der Waals surface area contributed by atoms with Crippen molar-refractivity contribution in [2.75, 3.05) is 32.0 Å². The number of amides is 1. The van der Waals surface area contributed by atoms with Crippen LogP contribution >= 0.6 is 0 Å². The molecule has 1 unspecified atom stereocenters. The third-order valence-corrected chi connectivity index (χ3v) is 3.84. The van der Waals surface area contributed by atoms with Crippen molar-refractivity contribution in [3.05, 3.63) is 24.3 Å². The highest BCUT2D eigenvalue weighted by Gasteiger charge is 2.18. The monoisotopic (exact) mass is 291 g/mol. The number of benzene rings is 1. The number of nitrogens with zero attached hydrogens (tertiary/aromatic N) is 1. The van der Waals surface area contributed by atoms with Crippen LogP contribution in [0.15, 0.2) is 24.3 Å². The van der Waals surface area contributed by atoms with Gasteiger partial charge in [0.05, 0.1) is 13.0 Å². The van der Waals surface area contributed by atoms with E-state index in [-0.39, 0.29) is 5.91 Å². The number of nitrogen functional groups attached to an aromatic ring is 1. The quantitative estimate of drug-likeness (QED) is 0.749. The second-order valence-electron chi connectivity index (χ2n) is 5.56. The number of ether oxygens (including phenoxy) is 1. The molecule has 1 aromatic rings. The van der Waals surface area contributed by atoms with Crippen molar-refractivity contribution in [1.29, 1.82) is 0 Å². The van der Waals surface area contributed by atoms with Gasteiger partial charge in [0.25, 0.3) is 0 Å². The first-order chi connectivity index (χ1) is 10.1. The van der Waals surface area contributed by atoms with Crippen LogP contribution in [-0.4, -0.2) is 43.1 Å². The summed E-state index contributed by atoms with van der Waals surface area (Å²) in [5, 5.41) is 2.97. The van der Waals surface area contributed by atoms with Crippen LogP contribution in [0.25, 0.3) is 0 Å². The van der Waals surface area contributed by atoms with Crippen LogP contribution < -0.4 is 15.8 Å². The molecule has 1 aliphatic heterocycles. The van der Waals surface area contributed by atoms with Crippen LogP contribution in [-0.2, 0) is 4.79 Å². The summed E-state index contributed by atoms with van der Waals surface area (Å²) in [5.74, 6) is 0.777. The van der Waals surface area contributed by atoms with E-state index in [1.54, 1.807) is 12.1 Å². The van der Waals surface area contributed by atoms with Crippen molar-refractivity contribution in [2.45, 2.75) is 32.2 Å². The molecule has 0 aliphatic carbocycles. The zero-order chi connectivity index (χ0) is 15.1. The third kappa shape index (κ3) is 5.27. The maximum Gasteiger partial charge on any atom is 0.223 e. The molecule has 1 aliphatic rings. The first kappa shape index (κ1) is 15.6. The molecular weight excluding hydrogens is 266 g/mol. The summed E-state index contributed by atoms with van der Waals surface area (Å²) in [4.78, 5) is 14.2. The van der Waals surface area contributed by atoms with E-state index in [1.807, 2.05) is 12.1 Å². The van der Waals surface area contributed by atoms with Crippen LogP contribution in [0.4, 0.5) is 5.69 Å². The Morgan fingerprint density at radius 3 is 2.67 bits per heavy atom. The fourth-order valence-corrected chi connectivity index (χ4v) is 2.49. The smallest absolute Gasteiger partial charge is 0.223 e. The maximum atomic E-state index is 11.8. The fraction of sp³-hybridized carbons (Fsp3) is 0.562. The van der Waals surface area contributed by atoms with Gasteiger partial charge in [0.2, 0.25) is 5.91 Å². The maximum absolute atomic E-state index is 11.8. The van der Waals surface area contributed by atoms with E-state index in [9.17, 15) is 4.79 Å². The van der Waals surface area contributed by atoms with E-state index >= 15 is 0 Å². The molecule has 0 bridgehead atoms. The van der Waals surface area contributed by atoms with Crippen molar-refractivity contribution in [3.63, 3.8) is 0 Å². The highest BCUT2D eigenvalue weighted by molar-refractivity contribution is 5.76. The van der Waals surface area contributed by atoms with E-state index in [0.717, 1.165) is 18.8 Å². The molecule has 3 N–H and O–H groups in total. The number of hydrogen-bond donors (Lipinski definition) is 2. The van der Waals surface area contributed by atoms with Gasteiger partial charge in [0.15, 0.2) is 0 Å². The predicted octanol–water partition coefficient (Wildman–Crippen LogP) is 1.64. The standard InChI is InChI=1S/C16H25N3O2/c1-13(19-9-2-3-10-19)12-18-16(20)8-11-21-15-6-4-14(17)5-7-15/h4-7,13H,2-3,8-12,17H2,1H3,(H,18,20). The lowest BCUT2D eigenvalue weighted by molar-refractivity contribution is -0.121. The predicted molar refractivity (Wildman–Crippen MR) is 84.2 cm³/mol. The van der Waals surface area contributed by atoms with Gasteiger partial charge in [-0.2, -0.15) is 0 Å². The van der Waals surface area contributed by atoms with Gasteiger partial charge in [-0.3, -0.25) is 9.69 Å². The Bertz CT molecular complexity index is 441. The zero-order valence-electron chi connectivity index (χ0n) is 12.7. The largest absolute Gasteiger partial charge is 0.493 e. The number of anilines is 1. The van der Waals surface area contributed by atoms with Gasteiger partial charge in [-0.1, -0.05) is 0 Å². The van der Waals surface area contributed by atoms with Crippen molar-refractivity contribution in [2.24, 2.45) is 0 Å². The number of nitrogens with two attached hydrogens (primary N) is 1. The van der Waals surface area contributed by atoms with Crippen molar-refractivity contribution in [1.82, 2.24) is 10.2 Å². The number of nitrogens with one attached hydrogen (secondary N) is 1. The highest BCUT2D eigenvalue weighted by atomic mass is 16.5. The summed E-state index contributed by atoms with van der Waals surface area (Å²) in [6.45, 7) is 5.56. The van der Waals surface area contributed by atoms with Crippen molar-refractivity contribution in [3.8, 4) is 5.75 Å². The van der Waals surface area contributed by atoms with Crippen molar-refractivity contribution >= 4 is 11.6 Å². The van der Waals surface area contributed by atoms with Gasteiger partial charge < -0.3 is 15.8 Å². The van der Waals surface area contributed by atoms with E-state index < -0.39 is 0 Å². The number of carbonyl (C=O) groups excluding carboxylic acids is 1. The number of carbonyl (C=O) groups is 1. The minimum Gasteiger partial charge on any atom is -0.493 e. The topological polar surface area (TPSA) is 67.6 Å². The Morgan fingerprint density at radius 2 is 2.00 bits per heavy atom. The Morgan fingerprint density at radius 1 is 1.33 bits per heavy atom. The molecule has 5 nitrogen and oxygen atoms in total. The molecule has 5 heteroatoms. The summed E-state index contributed by atoms with van der Waals surface area (Å²) in [5.41, 5.74) is 6.30. The van der Waals surface area contributed by atoms with Gasteiger partial charge in [0, 0.05) is 18.3 Å². The highest BCUT2D eigenvalue weighted by Crippen LogP contribution is 2.13. The van der Waals surface area contributed by atoms with Gasteiger partial charge in [0.1, 0.15) is 5.75 Å². The molecule has 21 heavy (non-hydrogen) atoms. The lowest BCUT2D eigenvalue weighted by Crippen LogP contribution is -2.40. The second kappa shape index (κ2) is 7.88. The SMILES string of the molecule is CC(CNC(=O)CCOc1ccc(N)cc1)N1CCCC1. The lowest BCUT2D eigenvalue weighted by atomic mass is 10.3. The normalized spacial score (nSPS) is 16.6. The molecule has 1 aromatic carbocycles. The fourth-order valence-electron chi connectivity index (χ4n) is 2.49. The molecule has 1 amide bonds. The van der Waals surface area contributed by atoms with Crippen LogP contribution in [0.2, 0.25) is 0 Å². The van der Waals surface area contributed by atoms with Crippen LogP contribution in [0.1, 0.15) is 26.2 Å². The first-order valence-corrected chi connectivity index (χ1v) is 7.64. The Kier molecular flexibility index (Phi) is 5.87. The van der Waals surface area contributed by atoms with Gasteiger partial charge in [-0.25, -0.2) is 0 Å². The molecule has 0 spiro atoms. The summed E-state index contributed by atoms with van der Waals surface area (Å²) in [6, 6.07) is 7.60. The average molecular weight is 291 g/mol. The summed E-state index contributed by atoms with van der Waals surface area (Å²) < 4.78 is 5.51. The molecule has 0 aromatic heterocycles. The van der Waals surface area contributed by atoms with E-state index in [2.05, 4.69) is 17.1 Å². The minimum absolute atomic E-state index is 0.0384. The van der Waals surface area contributed by atoms with Crippen LogP contribution in [0, 0.1) is 0 Å². The minimum atomic E-state index is 0.0384. The van der Waals surface area contributed by atoms with Crippen LogP contribution in [0.5, 0.6) is 5.75 Å². The molecule has 0 saturated carbocycles. The number of rotatable bonds is 7. The number of hydrogen-bond acceptors (Lipinski definition) is 4. The summed E-state index contributed by atoms with van der Waals surface area (Å²) in [6.07, 6.45) is 2.92. The second-order valence-corrected chi connectivity index (χ2v) is 5.56. The third-order valence-electron chi connectivity index (χ3n) is 3.84. The van der Waals surface area contributed by atoms with E-state index in [1.165, 1.54) is 12.8 Å². The van der Waals surface area contributed by atoms with Gasteiger partial charge in [-0.05, 0) is 57.1 Å². The molecule has 2 rings (SSSR count). The molecule has 116 valence electrons. The molecule has 1 fully saturated rings. The summed E-state index contributed by atoms with van der Waals surface area (Å²) >= 11 is 0. The zero-order valence-corrected chi connectivity index (χ0v) is 12.7. The Balaban J connectivity index is 1.60. The van der Waals surface area contributed by atoms with Crippen molar-refractivity contribution < 1.29 is 9.53 Å². The molecule has 0 radical (unpaired) electrons. The summed E-state index contributed by atoms with van der Waals surface area (Å²) in [7, 11) is 0. The Labute approximate surface area is 126 Å². The first-order valence-electron chi connectivity index (χ1n) is 7.64.